The van der Waals surface area contributed by atoms with Crippen molar-refractivity contribution in [1.82, 2.24) is 15.0 Å². The summed E-state index contributed by atoms with van der Waals surface area (Å²) in [5.41, 5.74) is 3.28. The highest BCUT2D eigenvalue weighted by Crippen LogP contribution is 2.37. The lowest BCUT2D eigenvalue weighted by atomic mass is 10.1. The molecule has 8 nitrogen and oxygen atoms in total. The molecule has 2 aromatic heterocycles. The standard InChI is InChI=1S/C13H9ClN6O2/c14-13-17-11-10(15-6-16-11)12(18-13)19-4-3-7-5-8(20(21)22)1-2-9(7)19/h1-2,5-6H,3-4H2,(H,15,16,17,18)/p+1. The molecule has 4 rings (SSSR count). The van der Waals surface area contributed by atoms with Gasteiger partial charge in [-0.2, -0.15) is 4.98 Å². The maximum atomic E-state index is 10.9. The van der Waals surface area contributed by atoms with E-state index in [0.29, 0.717) is 24.4 Å². The SMILES string of the molecule is O=[N+]([O-])c1ccc2c(c1)CCN2c1nc(Cl)nc2[nH+]c[nH]c12. The zero-order chi connectivity index (χ0) is 15.3. The summed E-state index contributed by atoms with van der Waals surface area (Å²) >= 11 is 5.98. The molecule has 3 aromatic rings. The van der Waals surface area contributed by atoms with Crippen LogP contribution in [0.3, 0.4) is 0 Å². The number of halogens is 1. The number of rotatable bonds is 2. The van der Waals surface area contributed by atoms with Crippen LogP contribution in [0.1, 0.15) is 5.56 Å². The molecule has 22 heavy (non-hydrogen) atoms. The molecular weight excluding hydrogens is 308 g/mol. The molecule has 0 fully saturated rings. The largest absolute Gasteiger partial charge is 0.323 e. The summed E-state index contributed by atoms with van der Waals surface area (Å²) in [6, 6.07) is 4.85. The molecule has 0 bridgehead atoms. The van der Waals surface area contributed by atoms with Gasteiger partial charge in [-0.3, -0.25) is 15.1 Å². The van der Waals surface area contributed by atoms with Crippen LogP contribution < -0.4 is 9.88 Å². The first-order chi connectivity index (χ1) is 10.6. The molecule has 0 atom stereocenters. The quantitative estimate of drug-likeness (QED) is 0.442. The Bertz CT molecular complexity index is 909. The number of H-pyrrole nitrogens is 2. The Hall–Kier alpha value is -2.74. The molecular formula is C13H10ClN6O2+. The van der Waals surface area contributed by atoms with Crippen LogP contribution >= 0.6 is 11.6 Å². The number of aromatic amines is 2. The third kappa shape index (κ3) is 1.88. The van der Waals surface area contributed by atoms with Gasteiger partial charge in [-0.25, -0.2) is 4.98 Å². The summed E-state index contributed by atoms with van der Waals surface area (Å²) in [6.45, 7) is 0.679. The third-order valence-corrected chi connectivity index (χ3v) is 3.88. The molecule has 0 saturated heterocycles. The van der Waals surface area contributed by atoms with Crippen molar-refractivity contribution in [3.63, 3.8) is 0 Å². The molecule has 0 spiro atoms. The van der Waals surface area contributed by atoms with Gasteiger partial charge in [0.1, 0.15) is 0 Å². The normalized spacial score (nSPS) is 13.6. The lowest BCUT2D eigenvalue weighted by Crippen LogP contribution is -2.16. The summed E-state index contributed by atoms with van der Waals surface area (Å²) < 4.78 is 0. The molecule has 0 radical (unpaired) electrons. The van der Waals surface area contributed by atoms with Gasteiger partial charge in [-0.15, -0.1) is 0 Å². The smallest absolute Gasteiger partial charge is 0.306 e. The zero-order valence-electron chi connectivity index (χ0n) is 11.2. The number of fused-ring (bicyclic) bond motifs is 2. The van der Waals surface area contributed by atoms with Gasteiger partial charge < -0.3 is 4.90 Å². The summed E-state index contributed by atoms with van der Waals surface area (Å²) in [5, 5.41) is 11.0. The van der Waals surface area contributed by atoms with Crippen LogP contribution in [0.2, 0.25) is 5.28 Å². The molecule has 0 amide bonds. The van der Waals surface area contributed by atoms with Gasteiger partial charge in [0.15, 0.2) is 12.1 Å². The number of benzene rings is 1. The minimum Gasteiger partial charge on any atom is -0.323 e. The lowest BCUT2D eigenvalue weighted by molar-refractivity contribution is -0.384. The number of aromatic nitrogens is 4. The van der Waals surface area contributed by atoms with Crippen LogP contribution in [0, 0.1) is 10.1 Å². The minimum atomic E-state index is -0.386. The first-order valence-corrected chi connectivity index (χ1v) is 6.98. The van der Waals surface area contributed by atoms with Crippen molar-refractivity contribution >= 4 is 40.0 Å². The van der Waals surface area contributed by atoms with Crippen LogP contribution in [-0.4, -0.2) is 26.4 Å². The maximum absolute atomic E-state index is 10.9. The molecule has 1 aliphatic heterocycles. The fourth-order valence-electron chi connectivity index (χ4n) is 2.75. The van der Waals surface area contributed by atoms with Crippen molar-refractivity contribution < 1.29 is 9.91 Å². The fraction of sp³-hybridized carbons (Fsp3) is 0.154. The predicted molar refractivity (Wildman–Crippen MR) is 79.3 cm³/mol. The van der Waals surface area contributed by atoms with Gasteiger partial charge in [-0.05, 0) is 29.7 Å². The average molecular weight is 318 g/mol. The van der Waals surface area contributed by atoms with E-state index in [1.54, 1.807) is 18.5 Å². The molecule has 0 unspecified atom stereocenters. The van der Waals surface area contributed by atoms with Gasteiger partial charge in [0.25, 0.3) is 5.69 Å². The topological polar surface area (TPSA) is 102 Å². The third-order valence-electron chi connectivity index (χ3n) is 3.71. The van der Waals surface area contributed by atoms with Crippen LogP contribution in [0.25, 0.3) is 11.2 Å². The average Bonchev–Trinajstić information content (AvgIpc) is 3.11. The van der Waals surface area contributed by atoms with E-state index in [9.17, 15) is 10.1 Å². The summed E-state index contributed by atoms with van der Waals surface area (Å²) in [4.78, 5) is 26.9. The number of nitro benzene ring substituents is 1. The van der Waals surface area contributed by atoms with Crippen LogP contribution in [0.4, 0.5) is 17.2 Å². The minimum absolute atomic E-state index is 0.0969. The van der Waals surface area contributed by atoms with Gasteiger partial charge in [0.05, 0.1) is 4.92 Å². The Morgan fingerprint density at radius 3 is 3.09 bits per heavy atom. The van der Waals surface area contributed by atoms with Gasteiger partial charge in [-0.1, -0.05) is 4.98 Å². The maximum Gasteiger partial charge on any atom is 0.306 e. The van der Waals surface area contributed by atoms with Crippen molar-refractivity contribution in [2.75, 3.05) is 11.4 Å². The van der Waals surface area contributed by atoms with E-state index in [4.69, 9.17) is 11.6 Å². The fourth-order valence-corrected chi connectivity index (χ4v) is 2.92. The van der Waals surface area contributed by atoms with E-state index >= 15 is 0 Å². The van der Waals surface area contributed by atoms with Crippen molar-refractivity contribution in [3.8, 4) is 0 Å². The molecule has 110 valence electrons. The van der Waals surface area contributed by atoms with Gasteiger partial charge in [0, 0.05) is 24.4 Å². The number of non-ortho nitro benzene ring substituents is 1. The second-order valence-electron chi connectivity index (χ2n) is 4.94. The predicted octanol–water partition coefficient (Wildman–Crippen LogP) is 2.03. The van der Waals surface area contributed by atoms with E-state index in [2.05, 4.69) is 19.9 Å². The molecule has 1 aliphatic rings. The zero-order valence-corrected chi connectivity index (χ0v) is 12.0. The molecule has 9 heteroatoms. The summed E-state index contributed by atoms with van der Waals surface area (Å²) in [7, 11) is 0. The second kappa shape index (κ2) is 4.63. The Morgan fingerprint density at radius 1 is 1.41 bits per heavy atom. The molecule has 0 saturated carbocycles. The second-order valence-corrected chi connectivity index (χ2v) is 5.28. The molecule has 2 N–H and O–H groups in total. The number of hydrogen-bond donors (Lipinski definition) is 1. The number of nitrogens with zero attached hydrogens (tertiary/aromatic N) is 4. The number of imidazole rings is 1. The van der Waals surface area contributed by atoms with Crippen LogP contribution in [0.15, 0.2) is 24.5 Å². The molecule has 1 aromatic carbocycles. The van der Waals surface area contributed by atoms with Crippen molar-refractivity contribution in [3.05, 3.63) is 45.5 Å². The van der Waals surface area contributed by atoms with E-state index in [1.807, 2.05) is 4.90 Å². The van der Waals surface area contributed by atoms with Crippen molar-refractivity contribution in [2.24, 2.45) is 0 Å². The highest BCUT2D eigenvalue weighted by Gasteiger charge is 2.28. The van der Waals surface area contributed by atoms with Gasteiger partial charge >= 0.3 is 10.9 Å². The number of anilines is 2. The van der Waals surface area contributed by atoms with E-state index < -0.39 is 0 Å². The van der Waals surface area contributed by atoms with Crippen LogP contribution in [-0.2, 0) is 6.42 Å². The number of nitro groups is 1. The van der Waals surface area contributed by atoms with Gasteiger partial charge in [0.2, 0.25) is 5.52 Å². The lowest BCUT2D eigenvalue weighted by Gasteiger charge is -2.17. The van der Waals surface area contributed by atoms with E-state index in [1.165, 1.54) is 6.07 Å². The summed E-state index contributed by atoms with van der Waals surface area (Å²) in [5.74, 6) is 0.656. The number of nitrogens with one attached hydrogen (secondary N) is 2. The molecule has 3 heterocycles. The van der Waals surface area contributed by atoms with Crippen LogP contribution in [0.5, 0.6) is 0 Å². The Labute approximate surface area is 128 Å². The number of hydrogen-bond acceptors (Lipinski definition) is 5. The Balaban J connectivity index is 1.86. The summed E-state index contributed by atoms with van der Waals surface area (Å²) in [6.07, 6.45) is 2.37. The highest BCUT2D eigenvalue weighted by molar-refractivity contribution is 6.28. The van der Waals surface area contributed by atoms with E-state index in [-0.39, 0.29) is 15.9 Å². The van der Waals surface area contributed by atoms with Crippen molar-refractivity contribution in [2.45, 2.75) is 6.42 Å². The molecule has 0 aliphatic carbocycles. The van der Waals surface area contributed by atoms with Crippen molar-refractivity contribution in [1.29, 1.82) is 0 Å². The Kier molecular flexibility index (Phi) is 2.73. The Morgan fingerprint density at radius 2 is 2.27 bits per heavy atom. The highest BCUT2D eigenvalue weighted by atomic mass is 35.5. The first kappa shape index (κ1) is 13.0. The van der Waals surface area contributed by atoms with E-state index in [0.717, 1.165) is 16.8 Å². The first-order valence-electron chi connectivity index (χ1n) is 6.60. The monoisotopic (exact) mass is 317 g/mol.